The molecular formula is C8H14O3. The Hall–Kier alpha value is -0.830. The van der Waals surface area contributed by atoms with E-state index in [0.29, 0.717) is 12.5 Å². The zero-order valence-electron chi connectivity index (χ0n) is 6.51. The van der Waals surface area contributed by atoms with Crippen LogP contribution in [0, 0.1) is 5.92 Å². The number of rotatable bonds is 3. The summed E-state index contributed by atoms with van der Waals surface area (Å²) in [6.45, 7) is 3.90. The van der Waals surface area contributed by atoms with Crippen LogP contribution in [0.1, 0.15) is 19.3 Å². The van der Waals surface area contributed by atoms with E-state index in [4.69, 9.17) is 4.74 Å². The van der Waals surface area contributed by atoms with E-state index in [1.165, 1.54) is 25.3 Å². The van der Waals surface area contributed by atoms with Crippen LogP contribution >= 0.6 is 0 Å². The first kappa shape index (κ1) is 10.2. The summed E-state index contributed by atoms with van der Waals surface area (Å²) in [7, 11) is 0. The van der Waals surface area contributed by atoms with E-state index in [1.807, 2.05) is 0 Å². The third-order valence-corrected chi connectivity index (χ3v) is 1.85. The molecule has 0 heterocycles. The van der Waals surface area contributed by atoms with Gasteiger partial charge in [0.05, 0.1) is 6.61 Å². The lowest BCUT2D eigenvalue weighted by molar-refractivity contribution is -0.139. The summed E-state index contributed by atoms with van der Waals surface area (Å²) in [6.07, 6.45) is 4.92. The van der Waals surface area contributed by atoms with Crippen LogP contribution in [0.2, 0.25) is 0 Å². The first-order chi connectivity index (χ1) is 4.83. The topological polar surface area (TPSA) is 57.8 Å². The van der Waals surface area contributed by atoms with Crippen molar-refractivity contribution in [1.82, 2.24) is 0 Å². The molecule has 1 fully saturated rings. The van der Waals surface area contributed by atoms with Crippen molar-refractivity contribution in [2.75, 3.05) is 6.61 Å². The van der Waals surface area contributed by atoms with Crippen LogP contribution in [0.3, 0.4) is 0 Å². The van der Waals surface area contributed by atoms with Gasteiger partial charge in [0.15, 0.2) is 0 Å². The smallest absolute Gasteiger partial charge is 0.330 e. The predicted octanol–water partition coefficient (Wildman–Crippen LogP) is 0.691. The maximum Gasteiger partial charge on any atom is 0.330 e. The summed E-state index contributed by atoms with van der Waals surface area (Å²) in [6, 6.07) is 0. The molecule has 0 radical (unpaired) electrons. The summed E-state index contributed by atoms with van der Waals surface area (Å²) in [5.74, 6) is 0.329. The second kappa shape index (κ2) is 4.91. The molecule has 0 amide bonds. The fourth-order valence-corrected chi connectivity index (χ4v) is 0.918. The van der Waals surface area contributed by atoms with E-state index in [0.717, 1.165) is 0 Å². The molecule has 3 heteroatoms. The van der Waals surface area contributed by atoms with Gasteiger partial charge < -0.3 is 10.2 Å². The van der Waals surface area contributed by atoms with Crippen molar-refractivity contribution in [2.24, 2.45) is 5.92 Å². The highest BCUT2D eigenvalue weighted by Crippen LogP contribution is 2.26. The van der Waals surface area contributed by atoms with Crippen LogP contribution in [-0.2, 0) is 9.53 Å². The Balaban J connectivity index is 0.000001000. The average molecular weight is 158 g/mol. The standard InChI is InChI=1S/C8H12O2.H2O/c1-2-8(9)10-6-7-4-3-5-7;/h2,7H,1,3-6H2;1H2. The second-order valence-electron chi connectivity index (χ2n) is 2.63. The van der Waals surface area contributed by atoms with E-state index in [-0.39, 0.29) is 11.4 Å². The summed E-state index contributed by atoms with van der Waals surface area (Å²) in [4.78, 5) is 10.5. The molecule has 0 bridgehead atoms. The minimum absolute atomic E-state index is 0. The van der Waals surface area contributed by atoms with Crippen LogP contribution < -0.4 is 0 Å². The normalized spacial score (nSPS) is 16.0. The highest BCUT2D eigenvalue weighted by Gasteiger charge is 2.18. The molecule has 0 aromatic rings. The quantitative estimate of drug-likeness (QED) is 0.448. The molecule has 0 aromatic heterocycles. The minimum Gasteiger partial charge on any atom is -0.462 e. The summed E-state index contributed by atoms with van der Waals surface area (Å²) in [5, 5.41) is 0. The van der Waals surface area contributed by atoms with Gasteiger partial charge in [-0.15, -0.1) is 0 Å². The van der Waals surface area contributed by atoms with E-state index < -0.39 is 0 Å². The molecule has 1 aliphatic rings. The van der Waals surface area contributed by atoms with Gasteiger partial charge >= 0.3 is 5.97 Å². The van der Waals surface area contributed by atoms with Crippen molar-refractivity contribution in [1.29, 1.82) is 0 Å². The first-order valence-corrected chi connectivity index (χ1v) is 3.62. The molecular weight excluding hydrogens is 144 g/mol. The van der Waals surface area contributed by atoms with E-state index >= 15 is 0 Å². The van der Waals surface area contributed by atoms with E-state index in [2.05, 4.69) is 6.58 Å². The summed E-state index contributed by atoms with van der Waals surface area (Å²) >= 11 is 0. The van der Waals surface area contributed by atoms with Crippen molar-refractivity contribution in [3.63, 3.8) is 0 Å². The molecule has 11 heavy (non-hydrogen) atoms. The lowest BCUT2D eigenvalue weighted by Gasteiger charge is -2.24. The van der Waals surface area contributed by atoms with Gasteiger partial charge in [0.2, 0.25) is 0 Å². The van der Waals surface area contributed by atoms with Crippen molar-refractivity contribution in [2.45, 2.75) is 19.3 Å². The Morgan fingerprint density at radius 3 is 2.64 bits per heavy atom. The second-order valence-corrected chi connectivity index (χ2v) is 2.63. The highest BCUT2D eigenvalue weighted by molar-refractivity contribution is 5.81. The molecule has 0 saturated heterocycles. The van der Waals surface area contributed by atoms with Gasteiger partial charge in [-0.25, -0.2) is 4.79 Å². The molecule has 0 atom stereocenters. The molecule has 0 aliphatic heterocycles. The summed E-state index contributed by atoms with van der Waals surface area (Å²) < 4.78 is 4.84. The van der Waals surface area contributed by atoms with E-state index in [9.17, 15) is 4.79 Å². The van der Waals surface area contributed by atoms with Crippen LogP contribution in [0.15, 0.2) is 12.7 Å². The number of carbonyl (C=O) groups is 1. The molecule has 0 spiro atoms. The van der Waals surface area contributed by atoms with Gasteiger partial charge in [0, 0.05) is 6.08 Å². The molecule has 1 rings (SSSR count). The van der Waals surface area contributed by atoms with Crippen LogP contribution in [0.5, 0.6) is 0 Å². The van der Waals surface area contributed by atoms with Crippen molar-refractivity contribution in [3.8, 4) is 0 Å². The average Bonchev–Trinajstić information content (AvgIpc) is 1.84. The van der Waals surface area contributed by atoms with Gasteiger partial charge in [-0.05, 0) is 18.8 Å². The lowest BCUT2D eigenvalue weighted by atomic mass is 9.86. The number of esters is 1. The monoisotopic (exact) mass is 158 g/mol. The Morgan fingerprint density at radius 1 is 1.64 bits per heavy atom. The van der Waals surface area contributed by atoms with E-state index in [1.54, 1.807) is 0 Å². The van der Waals surface area contributed by atoms with Gasteiger partial charge in [-0.3, -0.25) is 0 Å². The Morgan fingerprint density at radius 2 is 2.27 bits per heavy atom. The van der Waals surface area contributed by atoms with Crippen LogP contribution in [-0.4, -0.2) is 18.1 Å². The predicted molar refractivity (Wildman–Crippen MR) is 42.1 cm³/mol. The van der Waals surface area contributed by atoms with Gasteiger partial charge in [-0.2, -0.15) is 0 Å². The number of hydrogen-bond acceptors (Lipinski definition) is 2. The maximum atomic E-state index is 10.5. The first-order valence-electron chi connectivity index (χ1n) is 3.62. The molecule has 0 aromatic carbocycles. The zero-order chi connectivity index (χ0) is 7.40. The maximum absolute atomic E-state index is 10.5. The van der Waals surface area contributed by atoms with Crippen LogP contribution in [0.4, 0.5) is 0 Å². The minimum atomic E-state index is -0.299. The van der Waals surface area contributed by atoms with Gasteiger partial charge in [0.1, 0.15) is 0 Å². The Bertz CT molecular complexity index is 138. The van der Waals surface area contributed by atoms with Crippen molar-refractivity contribution >= 4 is 5.97 Å². The largest absolute Gasteiger partial charge is 0.462 e. The number of carbonyl (C=O) groups excluding carboxylic acids is 1. The number of hydrogen-bond donors (Lipinski definition) is 0. The molecule has 0 unspecified atom stereocenters. The third-order valence-electron chi connectivity index (χ3n) is 1.85. The van der Waals surface area contributed by atoms with Gasteiger partial charge in [-0.1, -0.05) is 13.0 Å². The highest BCUT2D eigenvalue weighted by atomic mass is 16.5. The third kappa shape index (κ3) is 3.18. The molecule has 1 aliphatic carbocycles. The van der Waals surface area contributed by atoms with Crippen LogP contribution in [0.25, 0.3) is 0 Å². The lowest BCUT2D eigenvalue weighted by Crippen LogP contribution is -2.19. The molecule has 3 nitrogen and oxygen atoms in total. The fraction of sp³-hybridized carbons (Fsp3) is 0.625. The van der Waals surface area contributed by atoms with Gasteiger partial charge in [0.25, 0.3) is 0 Å². The summed E-state index contributed by atoms with van der Waals surface area (Å²) in [5.41, 5.74) is 0. The fourth-order valence-electron chi connectivity index (χ4n) is 0.918. The molecule has 64 valence electrons. The number of ether oxygens (including phenoxy) is 1. The zero-order valence-corrected chi connectivity index (χ0v) is 6.51. The SMILES string of the molecule is C=CC(=O)OCC1CCC1.O. The molecule has 1 saturated carbocycles. The van der Waals surface area contributed by atoms with Crippen molar-refractivity contribution < 1.29 is 15.0 Å². The Kier molecular flexibility index (Phi) is 4.54. The Labute approximate surface area is 66.4 Å². The molecule has 2 N–H and O–H groups in total. The van der Waals surface area contributed by atoms with Crippen molar-refractivity contribution in [3.05, 3.63) is 12.7 Å².